The van der Waals surface area contributed by atoms with E-state index in [2.05, 4.69) is 0 Å². The molecule has 1 heterocycles. The van der Waals surface area contributed by atoms with Gasteiger partial charge in [0, 0.05) is 13.1 Å². The largest absolute Gasteiger partial charge is 0.481 e. The van der Waals surface area contributed by atoms with E-state index in [9.17, 15) is 23.1 Å². The average molecular weight is 279 g/mol. The van der Waals surface area contributed by atoms with Crippen LogP contribution < -0.4 is 0 Å². The minimum absolute atomic E-state index is 0.0431. The van der Waals surface area contributed by atoms with Gasteiger partial charge in [-0.15, -0.1) is 0 Å². The molecule has 6 heteroatoms. The van der Waals surface area contributed by atoms with Crippen LogP contribution in [0.25, 0.3) is 0 Å². The number of alkyl halides is 3. The number of hydrogen-bond donors (Lipinski definition) is 1. The van der Waals surface area contributed by atoms with Gasteiger partial charge < -0.3 is 10.0 Å². The number of piperidine rings is 1. The minimum Gasteiger partial charge on any atom is -0.481 e. The zero-order valence-corrected chi connectivity index (χ0v) is 10.9. The van der Waals surface area contributed by atoms with Crippen molar-refractivity contribution in [2.24, 2.45) is 11.3 Å². The monoisotopic (exact) mass is 279 g/mol. The Bertz CT molecular complexity index is 337. The van der Waals surface area contributed by atoms with Crippen LogP contribution in [0.3, 0.4) is 0 Å². The lowest BCUT2D eigenvalue weighted by molar-refractivity contribution is -0.188. The van der Waals surface area contributed by atoms with Crippen LogP contribution in [-0.4, -0.2) is 41.8 Å². The molecule has 1 aliphatic heterocycles. The normalized spacial score (nSPS) is 28.5. The highest BCUT2D eigenvalue weighted by Crippen LogP contribution is 2.41. The summed E-state index contributed by atoms with van der Waals surface area (Å²) in [5.41, 5.74) is -0.812. The molecule has 1 saturated carbocycles. The molecule has 2 fully saturated rings. The van der Waals surface area contributed by atoms with Crippen LogP contribution in [0.2, 0.25) is 0 Å². The second kappa shape index (κ2) is 5.31. The first kappa shape index (κ1) is 14.6. The Labute approximate surface area is 110 Å². The van der Waals surface area contributed by atoms with Gasteiger partial charge in [-0.1, -0.05) is 12.8 Å². The van der Waals surface area contributed by atoms with Crippen LogP contribution in [-0.2, 0) is 4.79 Å². The molecule has 0 aromatic carbocycles. The number of carboxylic acid groups (broad SMARTS) is 1. The summed E-state index contributed by atoms with van der Waals surface area (Å²) in [5.74, 6) is -2.15. The highest BCUT2D eigenvalue weighted by Gasteiger charge is 2.46. The van der Waals surface area contributed by atoms with Gasteiger partial charge in [-0.05, 0) is 32.2 Å². The van der Waals surface area contributed by atoms with Crippen LogP contribution in [0.1, 0.15) is 38.5 Å². The van der Waals surface area contributed by atoms with Crippen molar-refractivity contribution < 1.29 is 23.1 Å². The van der Waals surface area contributed by atoms with Crippen LogP contribution in [0.4, 0.5) is 13.2 Å². The summed E-state index contributed by atoms with van der Waals surface area (Å²) in [7, 11) is 0. The minimum atomic E-state index is -4.16. The Balaban J connectivity index is 2.00. The van der Waals surface area contributed by atoms with E-state index in [-0.39, 0.29) is 19.5 Å². The van der Waals surface area contributed by atoms with Crippen molar-refractivity contribution in [3.63, 3.8) is 0 Å². The molecule has 0 amide bonds. The number of nitrogens with zero attached hydrogens (tertiary/aromatic N) is 1. The number of carbonyl (C=O) groups is 1. The third-order valence-corrected chi connectivity index (χ3v) is 4.51. The summed E-state index contributed by atoms with van der Waals surface area (Å²) in [6.45, 7) is 0.815. The van der Waals surface area contributed by atoms with Gasteiger partial charge in [0.2, 0.25) is 0 Å². The van der Waals surface area contributed by atoms with E-state index in [0.29, 0.717) is 25.8 Å². The van der Waals surface area contributed by atoms with Crippen molar-refractivity contribution in [1.29, 1.82) is 0 Å². The first-order chi connectivity index (χ1) is 8.83. The zero-order chi connectivity index (χ0) is 14.1. The second-order valence-corrected chi connectivity index (χ2v) is 5.91. The maximum absolute atomic E-state index is 12.7. The maximum Gasteiger partial charge on any atom is 0.393 e. The van der Waals surface area contributed by atoms with Gasteiger partial charge in [-0.25, -0.2) is 0 Å². The molecule has 1 saturated heterocycles. The van der Waals surface area contributed by atoms with Crippen molar-refractivity contribution in [2.75, 3.05) is 19.6 Å². The molecular weight excluding hydrogens is 259 g/mol. The predicted octanol–water partition coefficient (Wildman–Crippen LogP) is 2.91. The van der Waals surface area contributed by atoms with E-state index in [1.807, 2.05) is 0 Å². The number of aliphatic carboxylic acids is 1. The van der Waals surface area contributed by atoms with Crippen LogP contribution in [0.5, 0.6) is 0 Å². The van der Waals surface area contributed by atoms with E-state index >= 15 is 0 Å². The fourth-order valence-electron chi connectivity index (χ4n) is 3.39. The lowest BCUT2D eigenvalue weighted by Crippen LogP contribution is -2.48. The summed E-state index contributed by atoms with van der Waals surface area (Å²) in [5, 5.41) is 9.37. The molecule has 110 valence electrons. The number of rotatable bonds is 3. The zero-order valence-electron chi connectivity index (χ0n) is 10.9. The number of halogens is 3. The topological polar surface area (TPSA) is 40.5 Å². The quantitative estimate of drug-likeness (QED) is 0.863. The summed E-state index contributed by atoms with van der Waals surface area (Å²) in [6.07, 6.45) is -0.582. The molecule has 1 N–H and O–H groups in total. The molecule has 1 atom stereocenters. The average Bonchev–Trinajstić information content (AvgIpc) is 2.78. The first-order valence-electron chi connectivity index (χ1n) is 6.86. The maximum atomic E-state index is 12.7. The Morgan fingerprint density at radius 1 is 1.26 bits per heavy atom. The van der Waals surface area contributed by atoms with Crippen molar-refractivity contribution in [1.82, 2.24) is 4.90 Å². The van der Waals surface area contributed by atoms with E-state index in [1.54, 1.807) is 4.90 Å². The number of carboxylic acids is 1. The van der Waals surface area contributed by atoms with Gasteiger partial charge in [-0.3, -0.25) is 4.79 Å². The summed E-state index contributed by atoms with van der Waals surface area (Å²) in [6, 6.07) is 0. The van der Waals surface area contributed by atoms with Crippen LogP contribution >= 0.6 is 0 Å². The summed E-state index contributed by atoms with van der Waals surface area (Å²) in [4.78, 5) is 13.1. The molecule has 0 spiro atoms. The van der Waals surface area contributed by atoms with Crippen molar-refractivity contribution in [3.8, 4) is 0 Å². The molecule has 2 aliphatic rings. The summed E-state index contributed by atoms with van der Waals surface area (Å²) >= 11 is 0. The molecule has 0 radical (unpaired) electrons. The predicted molar refractivity (Wildman–Crippen MR) is 63.8 cm³/mol. The lowest BCUT2D eigenvalue weighted by Gasteiger charge is -2.38. The van der Waals surface area contributed by atoms with E-state index in [4.69, 9.17) is 0 Å². The SMILES string of the molecule is O=C(O)C1(CN2CCCC(C(F)(F)F)C2)CCCC1. The highest BCUT2D eigenvalue weighted by atomic mass is 19.4. The van der Waals surface area contributed by atoms with Gasteiger partial charge in [0.1, 0.15) is 0 Å². The van der Waals surface area contributed by atoms with Gasteiger partial charge in [0.25, 0.3) is 0 Å². The standard InChI is InChI=1S/C13H20F3NO2/c14-13(15,16)10-4-3-7-17(8-10)9-12(11(18)19)5-1-2-6-12/h10H,1-9H2,(H,18,19). The van der Waals surface area contributed by atoms with Gasteiger partial charge in [0.05, 0.1) is 11.3 Å². The van der Waals surface area contributed by atoms with Gasteiger partial charge in [0.15, 0.2) is 0 Å². The Morgan fingerprint density at radius 3 is 2.42 bits per heavy atom. The van der Waals surface area contributed by atoms with Gasteiger partial charge in [-0.2, -0.15) is 13.2 Å². The molecule has 0 aromatic rings. The third kappa shape index (κ3) is 3.22. The fourth-order valence-corrected chi connectivity index (χ4v) is 3.39. The van der Waals surface area contributed by atoms with E-state index in [0.717, 1.165) is 12.8 Å². The van der Waals surface area contributed by atoms with Gasteiger partial charge >= 0.3 is 12.1 Å². The van der Waals surface area contributed by atoms with E-state index in [1.165, 1.54) is 0 Å². The Hall–Kier alpha value is -0.780. The molecular formula is C13H20F3NO2. The van der Waals surface area contributed by atoms with E-state index < -0.39 is 23.5 Å². The van der Waals surface area contributed by atoms with Crippen molar-refractivity contribution in [2.45, 2.75) is 44.7 Å². The molecule has 3 nitrogen and oxygen atoms in total. The second-order valence-electron chi connectivity index (χ2n) is 5.91. The Kier molecular flexibility index (Phi) is 4.08. The smallest absolute Gasteiger partial charge is 0.393 e. The highest BCUT2D eigenvalue weighted by molar-refractivity contribution is 5.75. The number of hydrogen-bond acceptors (Lipinski definition) is 2. The van der Waals surface area contributed by atoms with Crippen molar-refractivity contribution in [3.05, 3.63) is 0 Å². The molecule has 1 unspecified atom stereocenters. The third-order valence-electron chi connectivity index (χ3n) is 4.51. The fraction of sp³-hybridized carbons (Fsp3) is 0.923. The lowest BCUT2D eigenvalue weighted by atomic mass is 9.84. The summed E-state index contributed by atoms with van der Waals surface area (Å²) < 4.78 is 38.2. The van der Waals surface area contributed by atoms with Crippen LogP contribution in [0.15, 0.2) is 0 Å². The molecule has 0 aromatic heterocycles. The molecule has 19 heavy (non-hydrogen) atoms. The molecule has 1 aliphatic carbocycles. The molecule has 2 rings (SSSR count). The molecule has 0 bridgehead atoms. The Morgan fingerprint density at radius 2 is 1.89 bits per heavy atom. The van der Waals surface area contributed by atoms with Crippen LogP contribution in [0, 0.1) is 11.3 Å². The van der Waals surface area contributed by atoms with Crippen molar-refractivity contribution >= 4 is 5.97 Å². The first-order valence-corrected chi connectivity index (χ1v) is 6.86. The number of likely N-dealkylation sites (tertiary alicyclic amines) is 1.